The lowest BCUT2D eigenvalue weighted by Crippen LogP contribution is -2.72. The van der Waals surface area contributed by atoms with E-state index in [1.54, 1.807) is 28.1 Å². The number of hydrogen-bond donors (Lipinski definition) is 1. The lowest BCUT2D eigenvalue weighted by atomic mass is 9.86. The largest absolute Gasteiger partial charge is 0.544 e. The molecule has 0 fully saturated rings. The van der Waals surface area contributed by atoms with Crippen LogP contribution in [-0.4, -0.2) is 55.4 Å². The average molecular weight is 267 g/mol. The summed E-state index contributed by atoms with van der Waals surface area (Å²) in [5, 5.41) is 10.1. The van der Waals surface area contributed by atoms with Crippen LogP contribution in [0.5, 0.6) is 0 Å². The SMILES string of the molecule is CCC(C(CC)(C(=O)[O-])[N+](C)(C)C)S(=O)(=O)O. The average Bonchev–Trinajstić information content (AvgIpc) is 2.08. The quantitative estimate of drug-likeness (QED) is 0.505. The van der Waals surface area contributed by atoms with Crippen LogP contribution in [-0.2, 0) is 14.9 Å². The molecule has 6 nitrogen and oxygen atoms in total. The van der Waals surface area contributed by atoms with Crippen LogP contribution < -0.4 is 5.11 Å². The Bertz CT molecular complexity index is 384. The fourth-order valence-corrected chi connectivity index (χ4v) is 3.97. The molecule has 7 heteroatoms. The summed E-state index contributed by atoms with van der Waals surface area (Å²) in [6, 6.07) is 0. The topological polar surface area (TPSA) is 94.5 Å². The van der Waals surface area contributed by atoms with Crippen LogP contribution in [0.25, 0.3) is 0 Å². The van der Waals surface area contributed by atoms with E-state index in [1.165, 1.54) is 6.92 Å². The van der Waals surface area contributed by atoms with Gasteiger partial charge in [-0.05, 0) is 6.42 Å². The number of quaternary nitrogens is 1. The van der Waals surface area contributed by atoms with Crippen LogP contribution in [0.2, 0.25) is 0 Å². The molecular formula is C10H21NO5S. The Morgan fingerprint density at radius 3 is 1.82 bits per heavy atom. The maximum absolute atomic E-state index is 11.4. The smallest absolute Gasteiger partial charge is 0.274 e. The zero-order valence-electron chi connectivity index (χ0n) is 10.9. The molecule has 0 aromatic carbocycles. The Morgan fingerprint density at radius 1 is 1.35 bits per heavy atom. The minimum absolute atomic E-state index is 0.0101. The summed E-state index contributed by atoms with van der Waals surface area (Å²) in [5.41, 5.74) is -1.66. The second kappa shape index (κ2) is 4.91. The summed E-state index contributed by atoms with van der Waals surface area (Å²) in [6.07, 6.45) is 0.0628. The second-order valence-corrected chi connectivity index (χ2v) is 6.59. The highest BCUT2D eigenvalue weighted by atomic mass is 32.2. The van der Waals surface area contributed by atoms with Crippen molar-refractivity contribution in [2.24, 2.45) is 0 Å². The van der Waals surface area contributed by atoms with E-state index in [0.29, 0.717) is 0 Å². The molecule has 2 unspecified atom stereocenters. The molecule has 0 heterocycles. The van der Waals surface area contributed by atoms with E-state index in [0.717, 1.165) is 0 Å². The molecule has 0 radical (unpaired) electrons. The lowest BCUT2D eigenvalue weighted by Gasteiger charge is -2.49. The van der Waals surface area contributed by atoms with Gasteiger partial charge in [-0.15, -0.1) is 0 Å². The van der Waals surface area contributed by atoms with Crippen molar-refractivity contribution in [3.63, 3.8) is 0 Å². The number of likely N-dealkylation sites (N-methyl/N-ethyl adjacent to an activating group) is 1. The molecule has 0 saturated heterocycles. The highest BCUT2D eigenvalue weighted by molar-refractivity contribution is 7.86. The zero-order valence-corrected chi connectivity index (χ0v) is 11.7. The van der Waals surface area contributed by atoms with Gasteiger partial charge in [-0.25, -0.2) is 0 Å². The van der Waals surface area contributed by atoms with Crippen molar-refractivity contribution in [1.82, 2.24) is 0 Å². The van der Waals surface area contributed by atoms with Gasteiger partial charge < -0.3 is 14.4 Å². The van der Waals surface area contributed by atoms with Gasteiger partial charge in [0.1, 0.15) is 11.2 Å². The van der Waals surface area contributed by atoms with Crippen molar-refractivity contribution in [1.29, 1.82) is 0 Å². The number of carbonyl (C=O) groups is 1. The summed E-state index contributed by atoms with van der Waals surface area (Å²) < 4.78 is 31.8. The summed E-state index contributed by atoms with van der Waals surface area (Å²) in [7, 11) is 0.280. The molecule has 0 aliphatic heterocycles. The van der Waals surface area contributed by atoms with Crippen molar-refractivity contribution in [2.75, 3.05) is 21.1 Å². The third-order valence-electron chi connectivity index (χ3n) is 3.35. The standard InChI is InChI=1S/C10H21NO5S/c1-6-8(17(14,15)16)10(7-2,9(12)13)11(3,4)5/h8H,6-7H2,1-5H3,(H-,12,13,14,15,16). The lowest BCUT2D eigenvalue weighted by molar-refractivity contribution is -0.916. The van der Waals surface area contributed by atoms with Crippen LogP contribution in [0, 0.1) is 0 Å². The van der Waals surface area contributed by atoms with E-state index >= 15 is 0 Å². The van der Waals surface area contributed by atoms with E-state index in [-0.39, 0.29) is 17.3 Å². The van der Waals surface area contributed by atoms with Crippen LogP contribution in [0.1, 0.15) is 26.7 Å². The number of rotatable bonds is 6. The summed E-state index contributed by atoms with van der Waals surface area (Å²) in [5.74, 6) is -1.46. The molecule has 0 amide bonds. The van der Waals surface area contributed by atoms with Gasteiger partial charge in [0, 0.05) is 6.42 Å². The Balaban J connectivity index is 6.03. The van der Waals surface area contributed by atoms with Crippen molar-refractivity contribution in [3.05, 3.63) is 0 Å². The minimum atomic E-state index is -4.45. The number of aliphatic carboxylic acids is 1. The molecule has 0 aliphatic rings. The fraction of sp³-hybridized carbons (Fsp3) is 0.900. The summed E-state index contributed by atoms with van der Waals surface area (Å²) >= 11 is 0. The first-order valence-electron chi connectivity index (χ1n) is 5.44. The first-order valence-corrected chi connectivity index (χ1v) is 6.94. The van der Waals surface area contributed by atoms with Gasteiger partial charge in [0.05, 0.1) is 21.1 Å². The molecule has 0 rings (SSSR count). The van der Waals surface area contributed by atoms with Crippen LogP contribution in [0.4, 0.5) is 0 Å². The van der Waals surface area contributed by atoms with Gasteiger partial charge in [0.25, 0.3) is 10.1 Å². The zero-order chi connectivity index (χ0) is 14.1. The number of hydrogen-bond acceptors (Lipinski definition) is 4. The Kier molecular flexibility index (Phi) is 4.72. The van der Waals surface area contributed by atoms with Gasteiger partial charge in [0.2, 0.25) is 0 Å². The predicted octanol–water partition coefficient (Wildman–Crippen LogP) is -0.742. The second-order valence-electron chi connectivity index (χ2n) is 4.99. The number of carboxylic acid groups (broad SMARTS) is 1. The van der Waals surface area contributed by atoms with Gasteiger partial charge in [-0.2, -0.15) is 8.42 Å². The van der Waals surface area contributed by atoms with Crippen LogP contribution >= 0.6 is 0 Å². The van der Waals surface area contributed by atoms with Crippen molar-refractivity contribution >= 4 is 16.1 Å². The summed E-state index contributed by atoms with van der Waals surface area (Å²) in [6.45, 7) is 3.11. The third kappa shape index (κ3) is 2.78. The van der Waals surface area contributed by atoms with Crippen molar-refractivity contribution < 1.29 is 27.4 Å². The number of nitrogens with zero attached hydrogens (tertiary/aromatic N) is 1. The molecule has 2 atom stereocenters. The Morgan fingerprint density at radius 2 is 1.76 bits per heavy atom. The molecule has 102 valence electrons. The van der Waals surface area contributed by atoms with E-state index in [1.807, 2.05) is 0 Å². The number of carboxylic acids is 1. The van der Waals surface area contributed by atoms with Crippen LogP contribution in [0.15, 0.2) is 0 Å². The van der Waals surface area contributed by atoms with E-state index < -0.39 is 26.9 Å². The molecule has 1 N–H and O–H groups in total. The number of carbonyl (C=O) groups excluding carboxylic acids is 1. The molecule has 0 aromatic rings. The Hall–Kier alpha value is -0.660. The van der Waals surface area contributed by atoms with Gasteiger partial charge in [0.15, 0.2) is 5.54 Å². The minimum Gasteiger partial charge on any atom is -0.544 e. The predicted molar refractivity (Wildman–Crippen MR) is 61.7 cm³/mol. The molecule has 0 spiro atoms. The molecule has 0 aromatic heterocycles. The fourth-order valence-electron chi connectivity index (χ4n) is 2.48. The maximum Gasteiger partial charge on any atom is 0.274 e. The van der Waals surface area contributed by atoms with Gasteiger partial charge >= 0.3 is 0 Å². The van der Waals surface area contributed by atoms with Crippen molar-refractivity contribution in [3.8, 4) is 0 Å². The first kappa shape index (κ1) is 16.3. The molecule has 0 bridgehead atoms. The normalized spacial score (nSPS) is 18.5. The van der Waals surface area contributed by atoms with E-state index in [4.69, 9.17) is 0 Å². The van der Waals surface area contributed by atoms with E-state index in [2.05, 4.69) is 0 Å². The summed E-state index contributed by atoms with van der Waals surface area (Å²) in [4.78, 5) is 11.4. The van der Waals surface area contributed by atoms with Crippen molar-refractivity contribution in [2.45, 2.75) is 37.5 Å². The third-order valence-corrected chi connectivity index (χ3v) is 4.79. The van der Waals surface area contributed by atoms with E-state index in [9.17, 15) is 22.9 Å². The van der Waals surface area contributed by atoms with Gasteiger partial charge in [-0.3, -0.25) is 4.55 Å². The monoisotopic (exact) mass is 267 g/mol. The van der Waals surface area contributed by atoms with Gasteiger partial charge in [-0.1, -0.05) is 13.8 Å². The molecular weight excluding hydrogens is 246 g/mol. The highest BCUT2D eigenvalue weighted by Gasteiger charge is 2.54. The first-order chi connectivity index (χ1) is 7.45. The van der Waals surface area contributed by atoms with Crippen LogP contribution in [0.3, 0.4) is 0 Å². The maximum atomic E-state index is 11.4. The molecule has 17 heavy (non-hydrogen) atoms. The molecule has 0 aliphatic carbocycles. The molecule has 0 saturated carbocycles. The Labute approximate surface area is 103 Å². The highest BCUT2D eigenvalue weighted by Crippen LogP contribution is 2.32.